The molecule has 2 rings (SSSR count). The Bertz CT molecular complexity index is 369. The van der Waals surface area contributed by atoms with Crippen molar-refractivity contribution in [1.82, 2.24) is 10.2 Å². The summed E-state index contributed by atoms with van der Waals surface area (Å²) in [5.41, 5.74) is 0. The maximum Gasteiger partial charge on any atom is 0.227 e. The second-order valence-electron chi connectivity index (χ2n) is 4.28. The molecule has 92 valence electrons. The van der Waals surface area contributed by atoms with E-state index >= 15 is 0 Å². The van der Waals surface area contributed by atoms with E-state index in [1.807, 2.05) is 16.3 Å². The molecule has 3 nitrogen and oxygen atoms in total. The van der Waals surface area contributed by atoms with Crippen molar-refractivity contribution >= 4 is 17.2 Å². The third kappa shape index (κ3) is 3.17. The van der Waals surface area contributed by atoms with Crippen LogP contribution in [0.2, 0.25) is 0 Å². The fourth-order valence-electron chi connectivity index (χ4n) is 2.10. The lowest BCUT2D eigenvalue weighted by Gasteiger charge is -2.23. The average Bonchev–Trinajstić information content (AvgIpc) is 3.00. The molecule has 1 aliphatic rings. The van der Waals surface area contributed by atoms with Crippen LogP contribution in [0, 0.1) is 5.92 Å². The van der Waals surface area contributed by atoms with Crippen molar-refractivity contribution in [2.75, 3.05) is 19.6 Å². The minimum absolute atomic E-state index is 0.148. The first kappa shape index (κ1) is 12.3. The minimum atomic E-state index is 0.148. The second-order valence-corrected chi connectivity index (χ2v) is 5.31. The van der Waals surface area contributed by atoms with Gasteiger partial charge in [-0.2, -0.15) is 0 Å². The van der Waals surface area contributed by atoms with E-state index in [4.69, 9.17) is 0 Å². The van der Waals surface area contributed by atoms with E-state index in [0.717, 1.165) is 19.5 Å². The highest BCUT2D eigenvalue weighted by Gasteiger charge is 2.26. The molecule has 1 saturated heterocycles. The van der Waals surface area contributed by atoms with Gasteiger partial charge in [-0.1, -0.05) is 12.1 Å². The number of thiophene rings is 1. The van der Waals surface area contributed by atoms with Crippen LogP contribution in [-0.2, 0) is 11.3 Å². The van der Waals surface area contributed by atoms with Gasteiger partial charge in [0.15, 0.2) is 0 Å². The largest absolute Gasteiger partial charge is 0.334 e. The molecule has 4 heteroatoms. The number of nitrogens with zero attached hydrogens (tertiary/aromatic N) is 1. The average molecular weight is 250 g/mol. The minimum Gasteiger partial charge on any atom is -0.334 e. The number of carbonyl (C=O) groups is 1. The zero-order chi connectivity index (χ0) is 12.1. The third-order valence-corrected chi connectivity index (χ3v) is 3.86. The summed E-state index contributed by atoms with van der Waals surface area (Å²) >= 11 is 1.69. The molecule has 2 heterocycles. The van der Waals surface area contributed by atoms with Gasteiger partial charge in [0.25, 0.3) is 0 Å². The quantitative estimate of drug-likeness (QED) is 0.809. The molecule has 0 aromatic carbocycles. The van der Waals surface area contributed by atoms with Crippen LogP contribution < -0.4 is 5.32 Å². The summed E-state index contributed by atoms with van der Waals surface area (Å²) in [6.45, 7) is 6.84. The van der Waals surface area contributed by atoms with Gasteiger partial charge in [-0.3, -0.25) is 4.79 Å². The highest BCUT2D eigenvalue weighted by molar-refractivity contribution is 7.09. The lowest BCUT2D eigenvalue weighted by atomic mass is 10.1. The van der Waals surface area contributed by atoms with Crippen LogP contribution in [-0.4, -0.2) is 30.4 Å². The molecule has 1 amide bonds. The van der Waals surface area contributed by atoms with Crippen LogP contribution in [0.3, 0.4) is 0 Å². The van der Waals surface area contributed by atoms with Gasteiger partial charge < -0.3 is 10.2 Å². The van der Waals surface area contributed by atoms with E-state index in [2.05, 4.69) is 18.0 Å². The Morgan fingerprint density at radius 3 is 3.18 bits per heavy atom. The van der Waals surface area contributed by atoms with Crippen molar-refractivity contribution in [1.29, 1.82) is 0 Å². The smallest absolute Gasteiger partial charge is 0.227 e. The second kappa shape index (κ2) is 5.98. The molecule has 1 atom stereocenters. The molecule has 1 N–H and O–H groups in total. The molecule has 1 unspecified atom stereocenters. The Morgan fingerprint density at radius 1 is 1.71 bits per heavy atom. The van der Waals surface area contributed by atoms with Gasteiger partial charge in [-0.05, 0) is 24.4 Å². The molecule has 17 heavy (non-hydrogen) atoms. The Morgan fingerprint density at radius 2 is 2.59 bits per heavy atom. The zero-order valence-electron chi connectivity index (χ0n) is 9.89. The van der Waals surface area contributed by atoms with Gasteiger partial charge in [0.1, 0.15) is 0 Å². The first-order valence-electron chi connectivity index (χ1n) is 5.94. The topological polar surface area (TPSA) is 32.3 Å². The van der Waals surface area contributed by atoms with Gasteiger partial charge >= 0.3 is 0 Å². The van der Waals surface area contributed by atoms with Gasteiger partial charge in [-0.25, -0.2) is 0 Å². The van der Waals surface area contributed by atoms with Crippen molar-refractivity contribution < 1.29 is 4.79 Å². The fraction of sp³-hybridized carbons (Fsp3) is 0.462. The van der Waals surface area contributed by atoms with Crippen molar-refractivity contribution in [3.63, 3.8) is 0 Å². The van der Waals surface area contributed by atoms with Crippen molar-refractivity contribution in [3.8, 4) is 0 Å². The number of hydrogen-bond donors (Lipinski definition) is 1. The first-order valence-corrected chi connectivity index (χ1v) is 6.82. The van der Waals surface area contributed by atoms with Gasteiger partial charge in [0, 0.05) is 18.0 Å². The Balaban J connectivity index is 2.00. The molecule has 1 fully saturated rings. The van der Waals surface area contributed by atoms with E-state index in [1.165, 1.54) is 4.88 Å². The predicted octanol–water partition coefficient (Wildman–Crippen LogP) is 1.87. The summed E-state index contributed by atoms with van der Waals surface area (Å²) in [7, 11) is 0. The van der Waals surface area contributed by atoms with E-state index in [0.29, 0.717) is 13.1 Å². The standard InChI is InChI=1S/C13H18N2OS/c1-2-7-15(10-12-4-3-8-17-12)13(16)11-5-6-14-9-11/h2-4,8,11,14H,1,5-7,9-10H2. The van der Waals surface area contributed by atoms with E-state index < -0.39 is 0 Å². The molecule has 0 aliphatic carbocycles. The highest BCUT2D eigenvalue weighted by atomic mass is 32.1. The van der Waals surface area contributed by atoms with Gasteiger partial charge in [-0.15, -0.1) is 17.9 Å². The summed E-state index contributed by atoms with van der Waals surface area (Å²) in [5, 5.41) is 5.28. The fourth-order valence-corrected chi connectivity index (χ4v) is 2.82. The molecular formula is C13H18N2OS. The first-order chi connectivity index (χ1) is 8.31. The van der Waals surface area contributed by atoms with E-state index in [-0.39, 0.29) is 11.8 Å². The van der Waals surface area contributed by atoms with Crippen LogP contribution in [0.25, 0.3) is 0 Å². The lowest BCUT2D eigenvalue weighted by molar-refractivity contribution is -0.134. The molecule has 1 aromatic rings. The molecule has 0 bridgehead atoms. The summed E-state index contributed by atoms with van der Waals surface area (Å²) in [4.78, 5) is 15.4. The summed E-state index contributed by atoms with van der Waals surface area (Å²) < 4.78 is 0. The van der Waals surface area contributed by atoms with Crippen LogP contribution in [0.5, 0.6) is 0 Å². The van der Waals surface area contributed by atoms with E-state index in [1.54, 1.807) is 17.4 Å². The predicted molar refractivity (Wildman–Crippen MR) is 70.9 cm³/mol. The Labute approximate surface area is 106 Å². The lowest BCUT2D eigenvalue weighted by Crippen LogP contribution is -2.36. The number of hydrogen-bond acceptors (Lipinski definition) is 3. The number of rotatable bonds is 5. The number of amides is 1. The maximum atomic E-state index is 12.3. The van der Waals surface area contributed by atoms with E-state index in [9.17, 15) is 4.79 Å². The molecule has 0 saturated carbocycles. The van der Waals surface area contributed by atoms with Crippen LogP contribution in [0.1, 0.15) is 11.3 Å². The summed E-state index contributed by atoms with van der Waals surface area (Å²) in [6.07, 6.45) is 2.75. The normalized spacial score (nSPS) is 19.2. The van der Waals surface area contributed by atoms with Crippen LogP contribution >= 0.6 is 11.3 Å². The Kier molecular flexibility index (Phi) is 4.34. The van der Waals surface area contributed by atoms with Crippen molar-refractivity contribution in [3.05, 3.63) is 35.0 Å². The monoisotopic (exact) mass is 250 g/mol. The molecule has 0 spiro atoms. The van der Waals surface area contributed by atoms with Gasteiger partial charge in [0.2, 0.25) is 5.91 Å². The summed E-state index contributed by atoms with van der Waals surface area (Å²) in [5.74, 6) is 0.401. The SMILES string of the molecule is C=CCN(Cc1cccs1)C(=O)C1CCNC1. The molecule has 1 aliphatic heterocycles. The Hall–Kier alpha value is -1.13. The molecular weight excluding hydrogens is 232 g/mol. The van der Waals surface area contributed by atoms with Crippen molar-refractivity contribution in [2.45, 2.75) is 13.0 Å². The molecule has 1 aromatic heterocycles. The zero-order valence-corrected chi connectivity index (χ0v) is 10.7. The highest BCUT2D eigenvalue weighted by Crippen LogP contribution is 2.16. The molecule has 0 radical (unpaired) electrons. The van der Waals surface area contributed by atoms with Crippen molar-refractivity contribution in [2.24, 2.45) is 5.92 Å². The van der Waals surface area contributed by atoms with Gasteiger partial charge in [0.05, 0.1) is 12.5 Å². The third-order valence-electron chi connectivity index (χ3n) is 3.00. The summed E-state index contributed by atoms with van der Waals surface area (Å²) in [6, 6.07) is 4.09. The number of nitrogens with one attached hydrogen (secondary N) is 1. The maximum absolute atomic E-state index is 12.3. The number of carbonyl (C=O) groups excluding carboxylic acids is 1. The van der Waals surface area contributed by atoms with Crippen LogP contribution in [0.4, 0.5) is 0 Å². The van der Waals surface area contributed by atoms with Crippen LogP contribution in [0.15, 0.2) is 30.2 Å².